The number of likely N-dealkylation sites (N-methyl/N-ethyl adjacent to an activating group) is 2. The van der Waals surface area contributed by atoms with E-state index in [1.54, 1.807) is 0 Å². The third kappa shape index (κ3) is 3.82. The molecule has 0 saturated heterocycles. The number of nitrogens with zero attached hydrogens (tertiary/aromatic N) is 6. The lowest BCUT2D eigenvalue weighted by Gasteiger charge is -2.42. The van der Waals surface area contributed by atoms with E-state index in [1.165, 1.54) is 36.7 Å². The molecule has 0 bridgehead atoms. The van der Waals surface area contributed by atoms with Gasteiger partial charge >= 0.3 is 0 Å². The van der Waals surface area contributed by atoms with Crippen molar-refractivity contribution in [1.29, 1.82) is 0 Å². The summed E-state index contributed by atoms with van der Waals surface area (Å²) in [4.78, 5) is 14.9. The molecular weight excluding hydrogens is 396 g/mol. The van der Waals surface area contributed by atoms with E-state index in [0.717, 1.165) is 35.8 Å². The van der Waals surface area contributed by atoms with Crippen molar-refractivity contribution in [2.45, 2.75) is 50.9 Å². The highest BCUT2D eigenvalue weighted by molar-refractivity contribution is 5.76. The fraction of sp³-hybridized carbons (Fsp3) is 0.462. The van der Waals surface area contributed by atoms with Gasteiger partial charge in [0.15, 0.2) is 0 Å². The number of imidazole rings is 2. The molecule has 32 heavy (non-hydrogen) atoms. The van der Waals surface area contributed by atoms with E-state index in [9.17, 15) is 0 Å². The van der Waals surface area contributed by atoms with Crippen molar-refractivity contribution in [3.63, 3.8) is 0 Å². The summed E-state index contributed by atoms with van der Waals surface area (Å²) >= 11 is 0. The average Bonchev–Trinajstić information content (AvgIpc) is 3.30. The molecule has 1 fully saturated rings. The van der Waals surface area contributed by atoms with E-state index >= 15 is 0 Å². The first-order valence-electron chi connectivity index (χ1n) is 11.7. The van der Waals surface area contributed by atoms with Crippen LogP contribution in [0, 0.1) is 0 Å². The van der Waals surface area contributed by atoms with E-state index in [0.29, 0.717) is 12.1 Å². The molecule has 1 aliphatic carbocycles. The standard InChI is InChI=1S/C26H34N6/c1-29(17-25-27-19-11-5-7-13-21(19)31(25)3)23-15-9-10-16-24(23)30(2)18-26-28-20-12-6-8-14-22(20)32(26)4/h5-8,11-14,23-24H,9-10,15-18H2,1-4H3/t23-,24-/m1/s1. The van der Waals surface area contributed by atoms with Gasteiger partial charge in [0.1, 0.15) is 11.6 Å². The molecule has 0 aliphatic heterocycles. The molecule has 6 heteroatoms. The fourth-order valence-electron chi connectivity index (χ4n) is 5.47. The Kier molecular flexibility index (Phi) is 5.74. The average molecular weight is 431 g/mol. The number of para-hydroxylation sites is 4. The number of benzene rings is 2. The molecule has 2 heterocycles. The van der Waals surface area contributed by atoms with E-state index in [1.807, 2.05) is 0 Å². The molecule has 168 valence electrons. The van der Waals surface area contributed by atoms with Gasteiger partial charge in [-0.25, -0.2) is 9.97 Å². The highest BCUT2D eigenvalue weighted by Gasteiger charge is 2.32. The monoisotopic (exact) mass is 430 g/mol. The van der Waals surface area contributed by atoms with Gasteiger partial charge in [-0.15, -0.1) is 0 Å². The molecule has 2 aromatic heterocycles. The lowest BCUT2D eigenvalue weighted by molar-refractivity contribution is 0.0658. The van der Waals surface area contributed by atoms with Gasteiger partial charge in [0.25, 0.3) is 0 Å². The zero-order valence-corrected chi connectivity index (χ0v) is 19.7. The Morgan fingerprint density at radius 1 is 0.719 bits per heavy atom. The topological polar surface area (TPSA) is 42.1 Å². The minimum atomic E-state index is 0.517. The first-order valence-corrected chi connectivity index (χ1v) is 11.7. The Bertz CT molecular complexity index is 1130. The van der Waals surface area contributed by atoms with Crippen LogP contribution in [0.2, 0.25) is 0 Å². The molecule has 0 spiro atoms. The zero-order chi connectivity index (χ0) is 22.2. The van der Waals surface area contributed by atoms with Crippen molar-refractivity contribution in [1.82, 2.24) is 28.9 Å². The maximum atomic E-state index is 4.91. The molecule has 4 aromatic rings. The second-order valence-electron chi connectivity index (χ2n) is 9.40. The Labute approximate surface area is 190 Å². The maximum Gasteiger partial charge on any atom is 0.123 e. The Hall–Kier alpha value is -2.70. The van der Waals surface area contributed by atoms with Crippen molar-refractivity contribution in [2.24, 2.45) is 14.1 Å². The summed E-state index contributed by atoms with van der Waals surface area (Å²) in [6.45, 7) is 1.74. The molecule has 0 N–H and O–H groups in total. The Morgan fingerprint density at radius 3 is 1.53 bits per heavy atom. The third-order valence-electron chi connectivity index (χ3n) is 7.37. The second-order valence-corrected chi connectivity index (χ2v) is 9.40. The summed E-state index contributed by atoms with van der Waals surface area (Å²) in [6.07, 6.45) is 5.07. The van der Waals surface area contributed by atoms with Gasteiger partial charge in [0, 0.05) is 26.2 Å². The van der Waals surface area contributed by atoms with Crippen LogP contribution in [-0.4, -0.2) is 55.1 Å². The molecule has 0 radical (unpaired) electrons. The van der Waals surface area contributed by atoms with Crippen LogP contribution in [0.5, 0.6) is 0 Å². The third-order valence-corrected chi connectivity index (χ3v) is 7.37. The molecule has 1 saturated carbocycles. The van der Waals surface area contributed by atoms with Crippen LogP contribution < -0.4 is 0 Å². The van der Waals surface area contributed by atoms with Gasteiger partial charge in [-0.3, -0.25) is 9.80 Å². The lowest BCUT2D eigenvalue weighted by atomic mass is 9.88. The molecule has 5 rings (SSSR count). The molecule has 6 nitrogen and oxygen atoms in total. The minimum Gasteiger partial charge on any atom is -0.330 e. The van der Waals surface area contributed by atoms with Crippen molar-refractivity contribution >= 4 is 22.1 Å². The Morgan fingerprint density at radius 2 is 1.12 bits per heavy atom. The van der Waals surface area contributed by atoms with Gasteiger partial charge in [-0.2, -0.15) is 0 Å². The van der Waals surface area contributed by atoms with Crippen LogP contribution in [0.3, 0.4) is 0 Å². The number of aryl methyl sites for hydroxylation is 2. The van der Waals surface area contributed by atoms with Crippen molar-refractivity contribution in [2.75, 3.05) is 14.1 Å². The predicted octanol–water partition coefficient (Wildman–Crippen LogP) is 4.34. The fourth-order valence-corrected chi connectivity index (χ4v) is 5.47. The Balaban J connectivity index is 1.34. The van der Waals surface area contributed by atoms with Gasteiger partial charge in [-0.05, 0) is 51.2 Å². The first kappa shape index (κ1) is 21.2. The normalized spacial score (nSPS) is 19.6. The smallest absolute Gasteiger partial charge is 0.123 e. The number of fused-ring (bicyclic) bond motifs is 2. The van der Waals surface area contributed by atoms with Crippen molar-refractivity contribution in [3.05, 3.63) is 60.2 Å². The first-order chi connectivity index (χ1) is 15.5. The number of aromatic nitrogens is 4. The molecular formula is C26H34N6. The summed E-state index contributed by atoms with van der Waals surface area (Å²) in [6, 6.07) is 17.9. The summed E-state index contributed by atoms with van der Waals surface area (Å²) in [5.41, 5.74) is 4.57. The molecule has 2 aromatic carbocycles. The van der Waals surface area contributed by atoms with Crippen molar-refractivity contribution in [3.8, 4) is 0 Å². The van der Waals surface area contributed by atoms with E-state index in [2.05, 4.69) is 95.7 Å². The second kappa shape index (κ2) is 8.68. The minimum absolute atomic E-state index is 0.517. The number of hydrogen-bond donors (Lipinski definition) is 0. The summed E-state index contributed by atoms with van der Waals surface area (Å²) in [5, 5.41) is 0. The highest BCUT2D eigenvalue weighted by Crippen LogP contribution is 2.28. The quantitative estimate of drug-likeness (QED) is 0.456. The van der Waals surface area contributed by atoms with Crippen LogP contribution >= 0.6 is 0 Å². The number of rotatable bonds is 6. The van der Waals surface area contributed by atoms with Crippen LogP contribution in [0.25, 0.3) is 22.1 Å². The number of hydrogen-bond acceptors (Lipinski definition) is 4. The van der Waals surface area contributed by atoms with Crippen molar-refractivity contribution < 1.29 is 0 Å². The van der Waals surface area contributed by atoms with Crippen LogP contribution in [0.1, 0.15) is 37.3 Å². The van der Waals surface area contributed by atoms with Crippen LogP contribution in [0.4, 0.5) is 0 Å². The van der Waals surface area contributed by atoms with Crippen LogP contribution in [0.15, 0.2) is 48.5 Å². The molecule has 0 unspecified atom stereocenters. The zero-order valence-electron chi connectivity index (χ0n) is 19.7. The summed E-state index contributed by atoms with van der Waals surface area (Å²) in [7, 11) is 8.81. The maximum absolute atomic E-state index is 4.91. The summed E-state index contributed by atoms with van der Waals surface area (Å²) < 4.78 is 4.49. The van der Waals surface area contributed by atoms with Crippen LogP contribution in [-0.2, 0) is 27.2 Å². The largest absolute Gasteiger partial charge is 0.330 e. The predicted molar refractivity (Wildman–Crippen MR) is 130 cm³/mol. The highest BCUT2D eigenvalue weighted by atomic mass is 15.3. The van der Waals surface area contributed by atoms with Gasteiger partial charge in [0.2, 0.25) is 0 Å². The SMILES string of the molecule is CN(Cc1nc2ccccc2n1C)[C@@H]1CCCC[C@H]1N(C)Cc1nc2ccccc2n1C. The van der Waals surface area contributed by atoms with E-state index in [4.69, 9.17) is 9.97 Å². The lowest BCUT2D eigenvalue weighted by Crippen LogP contribution is -2.50. The van der Waals surface area contributed by atoms with Gasteiger partial charge < -0.3 is 9.13 Å². The van der Waals surface area contributed by atoms with E-state index < -0.39 is 0 Å². The molecule has 0 amide bonds. The molecule has 1 aliphatic rings. The van der Waals surface area contributed by atoms with Gasteiger partial charge in [0.05, 0.1) is 35.2 Å². The van der Waals surface area contributed by atoms with E-state index in [-0.39, 0.29) is 0 Å². The van der Waals surface area contributed by atoms with Gasteiger partial charge in [-0.1, -0.05) is 37.1 Å². The summed E-state index contributed by atoms with van der Waals surface area (Å²) in [5.74, 6) is 2.27. The molecule has 2 atom stereocenters.